The molecule has 96 valence electrons. The third-order valence-electron chi connectivity index (χ3n) is 2.60. The lowest BCUT2D eigenvalue weighted by Gasteiger charge is -2.17. The van der Waals surface area contributed by atoms with Crippen LogP contribution in [-0.4, -0.2) is 29.1 Å². The monoisotopic (exact) mass is 264 g/mol. The van der Waals surface area contributed by atoms with Gasteiger partial charge < -0.3 is 9.64 Å². The van der Waals surface area contributed by atoms with Crippen LogP contribution in [0.3, 0.4) is 0 Å². The number of nitrogens with zero attached hydrogens (tertiary/aromatic N) is 4. The first-order valence-electron chi connectivity index (χ1n) is 5.60. The lowest BCUT2D eigenvalue weighted by Crippen LogP contribution is -2.19. The average molecular weight is 264 g/mol. The number of rotatable bonds is 4. The van der Waals surface area contributed by atoms with E-state index in [0.717, 1.165) is 17.9 Å². The van der Waals surface area contributed by atoms with Crippen LogP contribution in [0.4, 0.5) is 5.95 Å². The Kier molecular flexibility index (Phi) is 3.76. The molecule has 5 nitrogen and oxygen atoms in total. The van der Waals surface area contributed by atoms with Gasteiger partial charge in [0.25, 0.3) is 0 Å². The zero-order valence-corrected chi connectivity index (χ0v) is 11.8. The van der Waals surface area contributed by atoms with Gasteiger partial charge in [-0.2, -0.15) is 4.98 Å². The van der Waals surface area contributed by atoms with Crippen LogP contribution >= 0.6 is 11.3 Å². The van der Waals surface area contributed by atoms with Gasteiger partial charge in [0, 0.05) is 23.7 Å². The molecular weight excluding hydrogens is 248 g/mol. The first kappa shape index (κ1) is 12.8. The maximum absolute atomic E-state index is 5.16. The molecule has 2 rings (SSSR count). The van der Waals surface area contributed by atoms with E-state index in [4.69, 9.17) is 4.74 Å². The van der Waals surface area contributed by atoms with Crippen LogP contribution in [-0.2, 0) is 6.54 Å². The van der Waals surface area contributed by atoms with Crippen LogP contribution in [0.2, 0.25) is 0 Å². The largest absolute Gasteiger partial charge is 0.481 e. The molecule has 0 saturated heterocycles. The molecule has 0 unspecified atom stereocenters. The Labute approximate surface area is 110 Å². The third kappa shape index (κ3) is 2.76. The normalized spacial score (nSPS) is 10.4. The van der Waals surface area contributed by atoms with Crippen LogP contribution in [0.25, 0.3) is 0 Å². The molecule has 0 aromatic carbocycles. The van der Waals surface area contributed by atoms with Gasteiger partial charge in [-0.25, -0.2) is 9.97 Å². The Bertz CT molecular complexity index is 541. The third-order valence-corrected chi connectivity index (χ3v) is 3.51. The molecule has 2 aromatic rings. The fourth-order valence-corrected chi connectivity index (χ4v) is 2.39. The van der Waals surface area contributed by atoms with Crippen molar-refractivity contribution >= 4 is 17.3 Å². The van der Waals surface area contributed by atoms with Crippen LogP contribution in [0.5, 0.6) is 5.88 Å². The van der Waals surface area contributed by atoms with Gasteiger partial charge in [0.1, 0.15) is 0 Å². The molecule has 0 aliphatic carbocycles. The Hall–Kier alpha value is -1.69. The Morgan fingerprint density at radius 3 is 2.72 bits per heavy atom. The molecular formula is C12H16N4OS. The summed E-state index contributed by atoms with van der Waals surface area (Å²) in [6.45, 7) is 4.69. The predicted molar refractivity (Wildman–Crippen MR) is 72.3 cm³/mol. The molecule has 0 N–H and O–H groups in total. The van der Waals surface area contributed by atoms with Crippen molar-refractivity contribution in [2.24, 2.45) is 0 Å². The molecule has 2 heterocycles. The summed E-state index contributed by atoms with van der Waals surface area (Å²) in [5, 5.41) is 0. The maximum atomic E-state index is 5.16. The second-order valence-corrected chi connectivity index (χ2v) is 5.01. The summed E-state index contributed by atoms with van der Waals surface area (Å²) in [6.07, 6.45) is 0. The minimum Gasteiger partial charge on any atom is -0.481 e. The second-order valence-electron chi connectivity index (χ2n) is 4.07. The highest BCUT2D eigenvalue weighted by Gasteiger charge is 2.10. The van der Waals surface area contributed by atoms with Gasteiger partial charge in [0.05, 0.1) is 24.9 Å². The summed E-state index contributed by atoms with van der Waals surface area (Å²) in [6, 6.07) is 1.81. The number of thiazole rings is 1. The van der Waals surface area contributed by atoms with Crippen molar-refractivity contribution in [3.05, 3.63) is 27.8 Å². The number of methoxy groups -OCH3 is 1. The van der Waals surface area contributed by atoms with E-state index in [-0.39, 0.29) is 0 Å². The number of aryl methyl sites for hydroxylation is 2. The van der Waals surface area contributed by atoms with Crippen molar-refractivity contribution < 1.29 is 4.74 Å². The topological polar surface area (TPSA) is 51.1 Å². The molecule has 0 radical (unpaired) electrons. The lowest BCUT2D eigenvalue weighted by atomic mass is 10.4. The number of aromatic nitrogens is 3. The summed E-state index contributed by atoms with van der Waals surface area (Å²) >= 11 is 1.65. The van der Waals surface area contributed by atoms with E-state index in [9.17, 15) is 0 Å². The maximum Gasteiger partial charge on any atom is 0.228 e. The summed E-state index contributed by atoms with van der Waals surface area (Å²) in [4.78, 5) is 16.2. The highest BCUT2D eigenvalue weighted by atomic mass is 32.1. The SMILES string of the molecule is COc1cc(C)nc(N(C)Cc2scnc2C)n1. The van der Waals surface area contributed by atoms with Gasteiger partial charge in [-0.15, -0.1) is 11.3 Å². The zero-order chi connectivity index (χ0) is 13.1. The molecule has 6 heteroatoms. The zero-order valence-electron chi connectivity index (χ0n) is 11.0. The fraction of sp³-hybridized carbons (Fsp3) is 0.417. The molecule has 0 fully saturated rings. The fourth-order valence-electron chi connectivity index (χ4n) is 1.56. The number of hydrogen-bond acceptors (Lipinski definition) is 6. The van der Waals surface area contributed by atoms with Crippen LogP contribution in [0.15, 0.2) is 11.6 Å². The van der Waals surface area contributed by atoms with Gasteiger partial charge in [0.2, 0.25) is 11.8 Å². The average Bonchev–Trinajstić information content (AvgIpc) is 2.74. The van der Waals surface area contributed by atoms with Gasteiger partial charge in [-0.05, 0) is 13.8 Å². The molecule has 0 saturated carbocycles. The second kappa shape index (κ2) is 5.30. The summed E-state index contributed by atoms with van der Waals surface area (Å²) in [7, 11) is 3.58. The molecule has 18 heavy (non-hydrogen) atoms. The summed E-state index contributed by atoms with van der Waals surface area (Å²) in [5.74, 6) is 1.25. The molecule has 2 aromatic heterocycles. The van der Waals surface area contributed by atoms with Crippen molar-refractivity contribution in [2.45, 2.75) is 20.4 Å². The van der Waals surface area contributed by atoms with Gasteiger partial charge in [-0.1, -0.05) is 0 Å². The lowest BCUT2D eigenvalue weighted by molar-refractivity contribution is 0.396. The minimum atomic E-state index is 0.588. The molecule has 0 bridgehead atoms. The summed E-state index contributed by atoms with van der Waals surface area (Å²) in [5.41, 5.74) is 3.81. The molecule has 0 amide bonds. The van der Waals surface area contributed by atoms with E-state index >= 15 is 0 Å². The Balaban J connectivity index is 2.20. The first-order valence-corrected chi connectivity index (χ1v) is 6.48. The van der Waals surface area contributed by atoms with Gasteiger partial charge in [-0.3, -0.25) is 0 Å². The number of hydrogen-bond donors (Lipinski definition) is 0. The molecule has 0 aliphatic rings. The van der Waals surface area contributed by atoms with Crippen LogP contribution in [0.1, 0.15) is 16.3 Å². The predicted octanol–water partition coefficient (Wildman–Crippen LogP) is 2.19. The van der Waals surface area contributed by atoms with E-state index in [1.54, 1.807) is 18.4 Å². The smallest absolute Gasteiger partial charge is 0.228 e. The number of ether oxygens (including phenoxy) is 1. The number of anilines is 1. The van der Waals surface area contributed by atoms with E-state index in [0.29, 0.717) is 11.8 Å². The molecule has 0 aliphatic heterocycles. The molecule has 0 atom stereocenters. The quantitative estimate of drug-likeness (QED) is 0.847. The van der Waals surface area contributed by atoms with Crippen molar-refractivity contribution in [1.82, 2.24) is 15.0 Å². The highest BCUT2D eigenvalue weighted by Crippen LogP contribution is 2.19. The summed E-state index contributed by atoms with van der Waals surface area (Å²) < 4.78 is 5.16. The molecule has 0 spiro atoms. The first-order chi connectivity index (χ1) is 8.60. The van der Waals surface area contributed by atoms with Crippen molar-refractivity contribution in [1.29, 1.82) is 0 Å². The van der Waals surface area contributed by atoms with E-state index in [2.05, 4.69) is 15.0 Å². The van der Waals surface area contributed by atoms with E-state index < -0.39 is 0 Å². The Morgan fingerprint density at radius 1 is 1.33 bits per heavy atom. The minimum absolute atomic E-state index is 0.588. The van der Waals surface area contributed by atoms with Crippen LogP contribution in [0, 0.1) is 13.8 Å². The van der Waals surface area contributed by atoms with Crippen molar-refractivity contribution in [3.63, 3.8) is 0 Å². The van der Waals surface area contributed by atoms with Crippen LogP contribution < -0.4 is 9.64 Å². The standard InChI is InChI=1S/C12H16N4OS/c1-8-5-11(17-4)15-12(14-8)16(3)6-10-9(2)13-7-18-10/h5,7H,6H2,1-4H3. The van der Waals surface area contributed by atoms with E-state index in [1.165, 1.54) is 4.88 Å². The van der Waals surface area contributed by atoms with E-state index in [1.807, 2.05) is 37.4 Å². The van der Waals surface area contributed by atoms with Crippen molar-refractivity contribution in [3.8, 4) is 5.88 Å². The van der Waals surface area contributed by atoms with Gasteiger partial charge in [0.15, 0.2) is 0 Å². The van der Waals surface area contributed by atoms with Crippen molar-refractivity contribution in [2.75, 3.05) is 19.1 Å². The van der Waals surface area contributed by atoms with Gasteiger partial charge >= 0.3 is 0 Å². The Morgan fingerprint density at radius 2 is 2.11 bits per heavy atom. The highest BCUT2D eigenvalue weighted by molar-refractivity contribution is 7.09.